The van der Waals surface area contributed by atoms with E-state index >= 15 is 0 Å². The van der Waals surface area contributed by atoms with Gasteiger partial charge in [-0.15, -0.1) is 0 Å². The number of nitrogens with one attached hydrogen (secondary N) is 1. The first-order chi connectivity index (χ1) is 9.15. The molecule has 0 unspecified atom stereocenters. The molecule has 2 aromatic rings. The van der Waals surface area contributed by atoms with E-state index in [4.69, 9.17) is 15.2 Å². The van der Waals surface area contributed by atoms with E-state index in [1.54, 1.807) is 7.11 Å². The predicted molar refractivity (Wildman–Crippen MR) is 72.1 cm³/mol. The van der Waals surface area contributed by atoms with Crippen molar-refractivity contribution in [2.45, 2.75) is 19.9 Å². The minimum absolute atomic E-state index is 0.175. The number of hydrogen-bond acceptors (Lipinski definition) is 5. The molecule has 0 fully saturated rings. The second-order valence-electron chi connectivity index (χ2n) is 4.13. The maximum absolute atomic E-state index is 5.75. The SMILES string of the molecule is CCOc1ccc(-c2n[nH]c([C@@H](C)N)n2)cc1OC. The molecule has 0 saturated heterocycles. The molecular weight excluding hydrogens is 244 g/mol. The monoisotopic (exact) mass is 262 g/mol. The zero-order valence-electron chi connectivity index (χ0n) is 11.3. The van der Waals surface area contributed by atoms with Crippen LogP contribution in [0.25, 0.3) is 11.4 Å². The van der Waals surface area contributed by atoms with Gasteiger partial charge >= 0.3 is 0 Å². The van der Waals surface area contributed by atoms with Crippen molar-refractivity contribution in [1.29, 1.82) is 0 Å². The van der Waals surface area contributed by atoms with Crippen LogP contribution in [0, 0.1) is 0 Å². The van der Waals surface area contributed by atoms with Crippen LogP contribution < -0.4 is 15.2 Å². The number of aromatic amines is 1. The normalized spacial score (nSPS) is 12.2. The van der Waals surface area contributed by atoms with Gasteiger partial charge in [-0.1, -0.05) is 0 Å². The third kappa shape index (κ3) is 2.85. The molecule has 0 spiro atoms. The van der Waals surface area contributed by atoms with Crippen LogP contribution in [0.2, 0.25) is 0 Å². The molecule has 6 nitrogen and oxygen atoms in total. The Kier molecular flexibility index (Phi) is 4.01. The van der Waals surface area contributed by atoms with E-state index in [0.717, 1.165) is 5.56 Å². The van der Waals surface area contributed by atoms with Gasteiger partial charge in [0.15, 0.2) is 17.3 Å². The molecule has 0 aliphatic rings. The summed E-state index contributed by atoms with van der Waals surface area (Å²) in [5.41, 5.74) is 6.60. The van der Waals surface area contributed by atoms with E-state index < -0.39 is 0 Å². The molecule has 0 bridgehead atoms. The maximum Gasteiger partial charge on any atom is 0.181 e. The van der Waals surface area contributed by atoms with Crippen molar-refractivity contribution in [3.63, 3.8) is 0 Å². The Morgan fingerprint density at radius 2 is 2.16 bits per heavy atom. The van der Waals surface area contributed by atoms with Gasteiger partial charge in [0.25, 0.3) is 0 Å². The summed E-state index contributed by atoms with van der Waals surface area (Å²) < 4.78 is 10.8. The zero-order valence-corrected chi connectivity index (χ0v) is 11.3. The highest BCUT2D eigenvalue weighted by molar-refractivity contribution is 5.60. The van der Waals surface area contributed by atoms with Gasteiger partial charge in [-0.05, 0) is 32.0 Å². The summed E-state index contributed by atoms with van der Waals surface area (Å²) in [5, 5.41) is 6.97. The van der Waals surface area contributed by atoms with E-state index in [0.29, 0.717) is 29.8 Å². The molecule has 6 heteroatoms. The van der Waals surface area contributed by atoms with Crippen LogP contribution in [0.5, 0.6) is 11.5 Å². The van der Waals surface area contributed by atoms with Gasteiger partial charge in [-0.2, -0.15) is 5.10 Å². The van der Waals surface area contributed by atoms with Gasteiger partial charge in [0.1, 0.15) is 5.82 Å². The first-order valence-corrected chi connectivity index (χ1v) is 6.14. The number of aromatic nitrogens is 3. The summed E-state index contributed by atoms with van der Waals surface area (Å²) in [4.78, 5) is 4.34. The maximum atomic E-state index is 5.75. The third-order valence-electron chi connectivity index (χ3n) is 2.66. The average molecular weight is 262 g/mol. The van der Waals surface area contributed by atoms with Crippen molar-refractivity contribution in [1.82, 2.24) is 15.2 Å². The standard InChI is InChI=1S/C13H18N4O2/c1-4-19-10-6-5-9(7-11(10)18-3)13-15-12(8(2)14)16-17-13/h5-8H,4,14H2,1-3H3,(H,15,16,17)/t8-/m1/s1. The molecule has 0 aliphatic heterocycles. The number of nitrogens with zero attached hydrogens (tertiary/aromatic N) is 2. The Labute approximate surface area is 111 Å². The lowest BCUT2D eigenvalue weighted by Crippen LogP contribution is -2.06. The van der Waals surface area contributed by atoms with Crippen LogP contribution in [0.1, 0.15) is 25.7 Å². The van der Waals surface area contributed by atoms with Gasteiger partial charge in [0.2, 0.25) is 0 Å². The fourth-order valence-electron chi connectivity index (χ4n) is 1.69. The number of hydrogen-bond donors (Lipinski definition) is 2. The first kappa shape index (κ1) is 13.4. The van der Waals surface area contributed by atoms with Crippen molar-refractivity contribution in [3.8, 4) is 22.9 Å². The zero-order chi connectivity index (χ0) is 13.8. The Hall–Kier alpha value is -2.08. The average Bonchev–Trinajstić information content (AvgIpc) is 2.89. The molecular formula is C13H18N4O2. The molecule has 0 radical (unpaired) electrons. The lowest BCUT2D eigenvalue weighted by molar-refractivity contribution is 0.311. The van der Waals surface area contributed by atoms with E-state index in [2.05, 4.69) is 15.2 Å². The van der Waals surface area contributed by atoms with Crippen molar-refractivity contribution >= 4 is 0 Å². The van der Waals surface area contributed by atoms with Crippen molar-refractivity contribution in [3.05, 3.63) is 24.0 Å². The quantitative estimate of drug-likeness (QED) is 0.859. The fourth-order valence-corrected chi connectivity index (χ4v) is 1.69. The van der Waals surface area contributed by atoms with Crippen LogP contribution in [-0.4, -0.2) is 28.9 Å². The molecule has 3 N–H and O–H groups in total. The van der Waals surface area contributed by atoms with E-state index in [1.807, 2.05) is 32.0 Å². The Balaban J connectivity index is 2.34. The molecule has 102 valence electrons. The lowest BCUT2D eigenvalue weighted by Gasteiger charge is -2.09. The van der Waals surface area contributed by atoms with Crippen LogP contribution in [-0.2, 0) is 0 Å². The predicted octanol–water partition coefficient (Wildman–Crippen LogP) is 1.90. The number of H-pyrrole nitrogens is 1. The Bertz CT molecular complexity index is 551. The molecule has 0 amide bonds. The number of benzene rings is 1. The topological polar surface area (TPSA) is 86.0 Å². The summed E-state index contributed by atoms with van der Waals surface area (Å²) in [7, 11) is 1.60. The van der Waals surface area contributed by atoms with Gasteiger partial charge < -0.3 is 15.2 Å². The number of rotatable bonds is 5. The number of methoxy groups -OCH3 is 1. The second-order valence-corrected chi connectivity index (χ2v) is 4.13. The molecule has 0 aliphatic carbocycles. The van der Waals surface area contributed by atoms with Gasteiger partial charge in [0.05, 0.1) is 19.8 Å². The van der Waals surface area contributed by atoms with Crippen LogP contribution >= 0.6 is 0 Å². The number of ether oxygens (including phenoxy) is 2. The van der Waals surface area contributed by atoms with E-state index in [-0.39, 0.29) is 6.04 Å². The summed E-state index contributed by atoms with van der Waals surface area (Å²) in [6, 6.07) is 5.41. The summed E-state index contributed by atoms with van der Waals surface area (Å²) in [6.45, 7) is 4.37. The Morgan fingerprint density at radius 1 is 1.37 bits per heavy atom. The minimum atomic E-state index is -0.175. The largest absolute Gasteiger partial charge is 0.493 e. The van der Waals surface area contributed by atoms with Gasteiger partial charge in [-0.3, -0.25) is 5.10 Å². The lowest BCUT2D eigenvalue weighted by atomic mass is 10.2. The van der Waals surface area contributed by atoms with E-state index in [1.165, 1.54) is 0 Å². The highest BCUT2D eigenvalue weighted by Crippen LogP contribution is 2.31. The molecule has 0 saturated carbocycles. The van der Waals surface area contributed by atoms with Gasteiger partial charge in [0, 0.05) is 5.56 Å². The van der Waals surface area contributed by atoms with Crippen LogP contribution in [0.3, 0.4) is 0 Å². The number of nitrogens with two attached hydrogens (primary N) is 1. The molecule has 1 heterocycles. The third-order valence-corrected chi connectivity index (χ3v) is 2.66. The molecule has 1 aromatic carbocycles. The fraction of sp³-hybridized carbons (Fsp3) is 0.385. The molecule has 1 atom stereocenters. The summed E-state index contributed by atoms with van der Waals surface area (Å²) in [6.07, 6.45) is 0. The first-order valence-electron chi connectivity index (χ1n) is 6.14. The Morgan fingerprint density at radius 3 is 2.74 bits per heavy atom. The molecule has 2 rings (SSSR count). The van der Waals surface area contributed by atoms with Crippen LogP contribution in [0.4, 0.5) is 0 Å². The van der Waals surface area contributed by atoms with Crippen LogP contribution in [0.15, 0.2) is 18.2 Å². The summed E-state index contributed by atoms with van der Waals surface area (Å²) in [5.74, 6) is 2.61. The van der Waals surface area contributed by atoms with E-state index in [9.17, 15) is 0 Å². The minimum Gasteiger partial charge on any atom is -0.493 e. The summed E-state index contributed by atoms with van der Waals surface area (Å²) >= 11 is 0. The second kappa shape index (κ2) is 5.71. The molecule has 1 aromatic heterocycles. The van der Waals surface area contributed by atoms with Crippen molar-refractivity contribution in [2.75, 3.05) is 13.7 Å². The smallest absolute Gasteiger partial charge is 0.181 e. The highest BCUT2D eigenvalue weighted by Gasteiger charge is 2.12. The van der Waals surface area contributed by atoms with Gasteiger partial charge in [-0.25, -0.2) is 4.98 Å². The van der Waals surface area contributed by atoms with Crippen molar-refractivity contribution in [2.24, 2.45) is 5.73 Å². The highest BCUT2D eigenvalue weighted by atomic mass is 16.5. The van der Waals surface area contributed by atoms with Crippen molar-refractivity contribution < 1.29 is 9.47 Å². The molecule has 19 heavy (non-hydrogen) atoms.